The van der Waals surface area contributed by atoms with E-state index in [1.165, 1.54) is 4.68 Å². The second-order valence-corrected chi connectivity index (χ2v) is 7.67. The van der Waals surface area contributed by atoms with Crippen molar-refractivity contribution in [3.05, 3.63) is 33.8 Å². The van der Waals surface area contributed by atoms with Gasteiger partial charge in [-0.05, 0) is 55.1 Å². The number of aromatic nitrogens is 4. The van der Waals surface area contributed by atoms with Crippen molar-refractivity contribution in [3.63, 3.8) is 0 Å². The monoisotopic (exact) mass is 447 g/mol. The summed E-state index contributed by atoms with van der Waals surface area (Å²) in [5.74, 6) is -0.281. The van der Waals surface area contributed by atoms with Crippen molar-refractivity contribution >= 4 is 21.8 Å². The van der Waals surface area contributed by atoms with Crippen molar-refractivity contribution in [2.45, 2.75) is 57.8 Å². The van der Waals surface area contributed by atoms with E-state index in [1.54, 1.807) is 11.6 Å². The number of alkyl halides is 3. The molecule has 1 atom stereocenters. The highest BCUT2D eigenvalue weighted by Crippen LogP contribution is 2.42. The van der Waals surface area contributed by atoms with Gasteiger partial charge in [-0.3, -0.25) is 14.2 Å². The van der Waals surface area contributed by atoms with Crippen LogP contribution in [0.1, 0.15) is 55.2 Å². The normalized spacial score (nSPS) is 15.8. The molecule has 0 radical (unpaired) electrons. The second kappa shape index (κ2) is 7.65. The van der Waals surface area contributed by atoms with Crippen molar-refractivity contribution in [2.75, 3.05) is 6.54 Å². The van der Waals surface area contributed by atoms with Crippen molar-refractivity contribution in [1.29, 1.82) is 0 Å². The summed E-state index contributed by atoms with van der Waals surface area (Å²) in [5.41, 5.74) is 0.435. The molecule has 1 saturated carbocycles. The molecule has 1 aliphatic rings. The molecule has 0 spiro atoms. The molecule has 0 aliphatic heterocycles. The summed E-state index contributed by atoms with van der Waals surface area (Å²) in [6.45, 7) is 4.50. The molecule has 1 fully saturated rings. The highest BCUT2D eigenvalue weighted by Gasteiger charge is 2.39. The SMILES string of the molecule is Cc1nn(CCCNC(=O)C(C)n2nc(C(F)(F)F)cc2C2CC2)cc1Br. The van der Waals surface area contributed by atoms with Crippen LogP contribution in [0.25, 0.3) is 0 Å². The predicted octanol–water partition coefficient (Wildman–Crippen LogP) is 3.81. The molecular weight excluding hydrogens is 427 g/mol. The zero-order chi connectivity index (χ0) is 19.8. The van der Waals surface area contributed by atoms with E-state index in [2.05, 4.69) is 31.4 Å². The van der Waals surface area contributed by atoms with E-state index >= 15 is 0 Å². The maximum absolute atomic E-state index is 13.0. The minimum Gasteiger partial charge on any atom is -0.354 e. The Morgan fingerprint density at radius 3 is 2.67 bits per heavy atom. The molecule has 3 rings (SSSR count). The van der Waals surface area contributed by atoms with E-state index < -0.39 is 17.9 Å². The molecule has 27 heavy (non-hydrogen) atoms. The highest BCUT2D eigenvalue weighted by atomic mass is 79.9. The molecule has 2 aromatic rings. The summed E-state index contributed by atoms with van der Waals surface area (Å²) >= 11 is 3.39. The smallest absolute Gasteiger partial charge is 0.354 e. The largest absolute Gasteiger partial charge is 0.435 e. The Morgan fingerprint density at radius 1 is 1.41 bits per heavy atom. The quantitative estimate of drug-likeness (QED) is 0.656. The third-order valence-corrected chi connectivity index (χ3v) is 5.33. The zero-order valence-electron chi connectivity index (χ0n) is 15.1. The molecule has 0 aromatic carbocycles. The first-order chi connectivity index (χ1) is 12.7. The average molecular weight is 448 g/mol. The molecule has 1 amide bonds. The standard InChI is InChI=1S/C17H21BrF3N5O/c1-10-13(18)9-25(23-10)7-3-6-22-16(27)11(2)26-14(12-4-5-12)8-15(24-26)17(19,20)21/h8-9,11-12H,3-7H2,1-2H3,(H,22,27). The first-order valence-corrected chi connectivity index (χ1v) is 9.60. The Morgan fingerprint density at radius 2 is 2.11 bits per heavy atom. The molecule has 0 bridgehead atoms. The van der Waals surface area contributed by atoms with Gasteiger partial charge in [-0.2, -0.15) is 23.4 Å². The van der Waals surface area contributed by atoms with Gasteiger partial charge in [0, 0.05) is 30.9 Å². The average Bonchev–Trinajstić information content (AvgIpc) is 3.25. The fourth-order valence-electron chi connectivity index (χ4n) is 2.86. The molecule has 0 saturated heterocycles. The topological polar surface area (TPSA) is 64.7 Å². The van der Waals surface area contributed by atoms with Crippen molar-refractivity contribution in [3.8, 4) is 0 Å². The first-order valence-electron chi connectivity index (χ1n) is 8.80. The predicted molar refractivity (Wildman–Crippen MR) is 96.2 cm³/mol. The minimum absolute atomic E-state index is 0.0605. The summed E-state index contributed by atoms with van der Waals surface area (Å²) in [4.78, 5) is 12.4. The Balaban J connectivity index is 1.57. The Labute approximate surface area is 163 Å². The van der Waals surface area contributed by atoms with Gasteiger partial charge >= 0.3 is 6.18 Å². The lowest BCUT2D eigenvalue weighted by Gasteiger charge is -2.15. The van der Waals surface area contributed by atoms with Crippen molar-refractivity contribution in [2.24, 2.45) is 0 Å². The summed E-state index contributed by atoms with van der Waals surface area (Å²) in [5, 5.41) is 10.7. The fourth-order valence-corrected chi connectivity index (χ4v) is 3.18. The van der Waals surface area contributed by atoms with Crippen LogP contribution >= 0.6 is 15.9 Å². The van der Waals surface area contributed by atoms with Crippen LogP contribution in [0, 0.1) is 6.92 Å². The lowest BCUT2D eigenvalue weighted by atomic mass is 10.2. The number of nitrogens with one attached hydrogen (secondary N) is 1. The van der Waals surface area contributed by atoms with Gasteiger partial charge in [0.2, 0.25) is 5.91 Å². The molecule has 2 aromatic heterocycles. The van der Waals surface area contributed by atoms with Gasteiger partial charge in [-0.25, -0.2) is 0 Å². The molecule has 6 nitrogen and oxygen atoms in total. The van der Waals surface area contributed by atoms with Gasteiger partial charge in [-0.1, -0.05) is 0 Å². The molecule has 1 aliphatic carbocycles. The molecule has 2 heterocycles. The van der Waals surface area contributed by atoms with Crippen LogP contribution in [0.15, 0.2) is 16.7 Å². The summed E-state index contributed by atoms with van der Waals surface area (Å²) < 4.78 is 42.9. The van der Waals surface area contributed by atoms with Gasteiger partial charge in [0.25, 0.3) is 0 Å². The summed E-state index contributed by atoms with van der Waals surface area (Å²) in [6.07, 6.45) is -0.327. The van der Waals surface area contributed by atoms with E-state index in [1.807, 2.05) is 13.1 Å². The lowest BCUT2D eigenvalue weighted by Crippen LogP contribution is -2.33. The molecule has 148 valence electrons. The van der Waals surface area contributed by atoms with E-state index in [0.29, 0.717) is 25.2 Å². The number of amides is 1. The van der Waals surface area contributed by atoms with Crippen molar-refractivity contribution < 1.29 is 18.0 Å². The molecule has 1 N–H and O–H groups in total. The maximum atomic E-state index is 13.0. The third kappa shape index (κ3) is 4.72. The number of nitrogens with zero attached hydrogens (tertiary/aromatic N) is 4. The van der Waals surface area contributed by atoms with Crippen LogP contribution in [-0.4, -0.2) is 32.0 Å². The number of hydrogen-bond donors (Lipinski definition) is 1. The van der Waals surface area contributed by atoms with Gasteiger partial charge in [0.15, 0.2) is 5.69 Å². The van der Waals surface area contributed by atoms with E-state index in [-0.39, 0.29) is 11.8 Å². The van der Waals surface area contributed by atoms with Crippen LogP contribution < -0.4 is 5.32 Å². The Bertz CT molecular complexity index is 806. The fraction of sp³-hybridized carbons (Fsp3) is 0.588. The van der Waals surface area contributed by atoms with Crippen LogP contribution in [0.3, 0.4) is 0 Å². The number of aryl methyl sites for hydroxylation is 2. The summed E-state index contributed by atoms with van der Waals surface area (Å²) in [6, 6.07) is 0.275. The van der Waals surface area contributed by atoms with Gasteiger partial charge in [-0.15, -0.1) is 0 Å². The van der Waals surface area contributed by atoms with Crippen LogP contribution in [-0.2, 0) is 17.5 Å². The van der Waals surface area contributed by atoms with E-state index in [9.17, 15) is 18.0 Å². The Hall–Kier alpha value is -1.84. The van der Waals surface area contributed by atoms with Gasteiger partial charge in [0.05, 0.1) is 10.2 Å². The van der Waals surface area contributed by atoms with Gasteiger partial charge in [0.1, 0.15) is 6.04 Å². The number of hydrogen-bond acceptors (Lipinski definition) is 3. The number of carbonyl (C=O) groups excluding carboxylic acids is 1. The molecular formula is C17H21BrF3N5O. The number of carbonyl (C=O) groups is 1. The maximum Gasteiger partial charge on any atom is 0.435 e. The second-order valence-electron chi connectivity index (χ2n) is 6.82. The molecule has 10 heteroatoms. The number of halogens is 4. The van der Waals surface area contributed by atoms with Gasteiger partial charge < -0.3 is 5.32 Å². The third-order valence-electron chi connectivity index (χ3n) is 4.55. The van der Waals surface area contributed by atoms with Crippen LogP contribution in [0.2, 0.25) is 0 Å². The van der Waals surface area contributed by atoms with Crippen molar-refractivity contribution in [1.82, 2.24) is 24.9 Å². The van der Waals surface area contributed by atoms with Crippen LogP contribution in [0.5, 0.6) is 0 Å². The highest BCUT2D eigenvalue weighted by molar-refractivity contribution is 9.10. The van der Waals surface area contributed by atoms with Crippen LogP contribution in [0.4, 0.5) is 13.2 Å². The zero-order valence-corrected chi connectivity index (χ0v) is 16.6. The van der Waals surface area contributed by atoms with E-state index in [4.69, 9.17) is 0 Å². The Kier molecular flexibility index (Phi) is 5.64. The van der Waals surface area contributed by atoms with E-state index in [0.717, 1.165) is 29.1 Å². The minimum atomic E-state index is -4.51. The lowest BCUT2D eigenvalue weighted by molar-refractivity contribution is -0.142. The molecule has 1 unspecified atom stereocenters. The summed E-state index contributed by atoms with van der Waals surface area (Å²) in [7, 11) is 0. The number of rotatable bonds is 7. The first kappa shape index (κ1) is 19.9.